The topological polar surface area (TPSA) is 58.6 Å². The third-order valence-electron chi connectivity index (χ3n) is 2.35. The van der Waals surface area contributed by atoms with Gasteiger partial charge in [-0.05, 0) is 0 Å². The molecule has 2 atom stereocenters. The van der Waals surface area contributed by atoms with Crippen molar-refractivity contribution in [3.8, 4) is 0 Å². The van der Waals surface area contributed by atoms with Gasteiger partial charge in [0.15, 0.2) is 0 Å². The molecule has 2 fully saturated rings. The molecule has 0 radical (unpaired) electrons. The van der Waals surface area contributed by atoms with Gasteiger partial charge in [-0.15, -0.1) is 0 Å². The summed E-state index contributed by atoms with van der Waals surface area (Å²) < 4.78 is 5.47. The Morgan fingerprint density at radius 3 is 3.08 bits per heavy atom. The summed E-state index contributed by atoms with van der Waals surface area (Å²) in [6.45, 7) is 2.58. The molecule has 0 aromatic rings. The van der Waals surface area contributed by atoms with E-state index in [1.807, 2.05) is 0 Å². The number of carbonyl (C=O) groups is 2. The van der Waals surface area contributed by atoms with Crippen LogP contribution < -0.4 is 5.32 Å². The molecule has 5 nitrogen and oxygen atoms in total. The monoisotopic (exact) mass is 184 g/mol. The van der Waals surface area contributed by atoms with E-state index in [1.54, 1.807) is 4.90 Å². The first-order valence-corrected chi connectivity index (χ1v) is 4.36. The molecule has 1 N–H and O–H groups in total. The van der Waals surface area contributed by atoms with E-state index in [0.717, 1.165) is 0 Å². The second kappa shape index (κ2) is 2.99. The maximum absolute atomic E-state index is 11.0. The Labute approximate surface area is 76.0 Å². The predicted octanol–water partition coefficient (Wildman–Crippen LogP) is -0.920. The second-order valence-electron chi connectivity index (χ2n) is 3.40. The standard InChI is InChI=1S/C8H12N2O3/c1-5(11)9-3-6-4-10-7(12)2-8(10)13-6/h6,8H,2-4H2,1H3,(H,9,11). The van der Waals surface area contributed by atoms with Crippen molar-refractivity contribution in [1.82, 2.24) is 10.2 Å². The minimum atomic E-state index is -0.0656. The van der Waals surface area contributed by atoms with Crippen molar-refractivity contribution in [1.29, 1.82) is 0 Å². The Morgan fingerprint density at radius 2 is 2.54 bits per heavy atom. The minimum absolute atomic E-state index is 0.0220. The van der Waals surface area contributed by atoms with Gasteiger partial charge in [-0.3, -0.25) is 9.59 Å². The van der Waals surface area contributed by atoms with Gasteiger partial charge in [0.25, 0.3) is 0 Å². The predicted molar refractivity (Wildman–Crippen MR) is 43.7 cm³/mol. The van der Waals surface area contributed by atoms with E-state index >= 15 is 0 Å². The number of ether oxygens (including phenoxy) is 1. The number of rotatable bonds is 2. The highest BCUT2D eigenvalue weighted by Gasteiger charge is 2.44. The minimum Gasteiger partial charge on any atom is -0.354 e. The molecule has 2 rings (SSSR count). The maximum atomic E-state index is 11.0. The Kier molecular flexibility index (Phi) is 1.95. The van der Waals surface area contributed by atoms with Gasteiger partial charge in [-0.2, -0.15) is 0 Å². The van der Waals surface area contributed by atoms with Crippen molar-refractivity contribution >= 4 is 11.8 Å². The van der Waals surface area contributed by atoms with E-state index in [2.05, 4.69) is 5.32 Å². The number of fused-ring (bicyclic) bond motifs is 1. The summed E-state index contributed by atoms with van der Waals surface area (Å²) in [6.07, 6.45) is 0.447. The summed E-state index contributed by atoms with van der Waals surface area (Å²) in [5.74, 6) is 0.0829. The average Bonchev–Trinajstić information content (AvgIpc) is 2.39. The largest absolute Gasteiger partial charge is 0.354 e. The van der Waals surface area contributed by atoms with Gasteiger partial charge >= 0.3 is 0 Å². The molecular weight excluding hydrogens is 172 g/mol. The van der Waals surface area contributed by atoms with Crippen LogP contribution in [0.3, 0.4) is 0 Å². The van der Waals surface area contributed by atoms with Crippen molar-refractivity contribution in [3.05, 3.63) is 0 Å². The van der Waals surface area contributed by atoms with Crippen LogP contribution in [0.1, 0.15) is 13.3 Å². The molecule has 72 valence electrons. The molecule has 2 aliphatic heterocycles. The molecule has 0 aliphatic carbocycles. The summed E-state index contributed by atoms with van der Waals surface area (Å²) in [5, 5.41) is 2.67. The first-order valence-electron chi connectivity index (χ1n) is 4.36. The SMILES string of the molecule is CC(=O)NCC1CN2C(=O)CC2O1. The summed E-state index contributed by atoms with van der Waals surface area (Å²) in [4.78, 5) is 23.3. The van der Waals surface area contributed by atoms with E-state index in [4.69, 9.17) is 4.74 Å². The van der Waals surface area contributed by atoms with Crippen LogP contribution >= 0.6 is 0 Å². The summed E-state index contributed by atoms with van der Waals surface area (Å²) >= 11 is 0. The van der Waals surface area contributed by atoms with Gasteiger partial charge < -0.3 is 15.0 Å². The van der Waals surface area contributed by atoms with Crippen molar-refractivity contribution in [2.75, 3.05) is 13.1 Å². The lowest BCUT2D eigenvalue weighted by atomic mass is 10.2. The first-order chi connectivity index (χ1) is 6.16. The number of nitrogens with zero attached hydrogens (tertiary/aromatic N) is 1. The first kappa shape index (κ1) is 8.50. The van der Waals surface area contributed by atoms with Crippen molar-refractivity contribution < 1.29 is 14.3 Å². The second-order valence-corrected chi connectivity index (χ2v) is 3.40. The molecule has 0 saturated carbocycles. The summed E-state index contributed by atoms with van der Waals surface area (Å²) in [5.41, 5.74) is 0. The van der Waals surface area contributed by atoms with E-state index in [-0.39, 0.29) is 24.1 Å². The van der Waals surface area contributed by atoms with E-state index in [9.17, 15) is 9.59 Å². The fourth-order valence-electron chi connectivity index (χ4n) is 1.62. The van der Waals surface area contributed by atoms with Gasteiger partial charge in [-0.1, -0.05) is 0 Å². The van der Waals surface area contributed by atoms with Crippen LogP contribution in [0.15, 0.2) is 0 Å². The lowest BCUT2D eigenvalue weighted by Gasteiger charge is -2.31. The molecule has 2 aliphatic rings. The Balaban J connectivity index is 1.78. The van der Waals surface area contributed by atoms with Crippen LogP contribution in [0, 0.1) is 0 Å². The smallest absolute Gasteiger partial charge is 0.229 e. The van der Waals surface area contributed by atoms with E-state index < -0.39 is 0 Å². The van der Waals surface area contributed by atoms with Gasteiger partial charge in [0, 0.05) is 13.5 Å². The summed E-state index contributed by atoms with van der Waals surface area (Å²) in [6, 6.07) is 0. The molecule has 13 heavy (non-hydrogen) atoms. The molecule has 5 heteroatoms. The zero-order valence-electron chi connectivity index (χ0n) is 7.45. The highest BCUT2D eigenvalue weighted by molar-refractivity contribution is 5.83. The van der Waals surface area contributed by atoms with Crippen LogP contribution in [0.25, 0.3) is 0 Å². The Bertz CT molecular complexity index is 254. The maximum Gasteiger partial charge on any atom is 0.229 e. The van der Waals surface area contributed by atoms with Crippen LogP contribution in [0.2, 0.25) is 0 Å². The number of amides is 2. The highest BCUT2D eigenvalue weighted by atomic mass is 16.5. The fraction of sp³-hybridized carbons (Fsp3) is 0.750. The van der Waals surface area contributed by atoms with Crippen LogP contribution in [-0.4, -0.2) is 42.1 Å². The highest BCUT2D eigenvalue weighted by Crippen LogP contribution is 2.27. The zero-order valence-corrected chi connectivity index (χ0v) is 7.45. The van der Waals surface area contributed by atoms with Crippen LogP contribution in [0.5, 0.6) is 0 Å². The molecule has 2 saturated heterocycles. The normalized spacial score (nSPS) is 31.2. The van der Waals surface area contributed by atoms with Crippen LogP contribution in [-0.2, 0) is 14.3 Å². The van der Waals surface area contributed by atoms with Crippen molar-refractivity contribution in [3.63, 3.8) is 0 Å². The van der Waals surface area contributed by atoms with Gasteiger partial charge in [0.1, 0.15) is 6.23 Å². The number of carbonyl (C=O) groups excluding carboxylic acids is 2. The molecule has 2 amide bonds. The summed E-state index contributed by atoms with van der Waals surface area (Å²) in [7, 11) is 0. The Morgan fingerprint density at radius 1 is 1.77 bits per heavy atom. The van der Waals surface area contributed by atoms with Crippen molar-refractivity contribution in [2.45, 2.75) is 25.7 Å². The fourth-order valence-corrected chi connectivity index (χ4v) is 1.62. The molecule has 2 unspecified atom stereocenters. The quantitative estimate of drug-likeness (QED) is 0.565. The molecular formula is C8H12N2O3. The van der Waals surface area contributed by atoms with E-state index in [1.165, 1.54) is 6.92 Å². The van der Waals surface area contributed by atoms with Gasteiger partial charge in [0.05, 0.1) is 19.1 Å². The Hall–Kier alpha value is -1.10. The lowest BCUT2D eigenvalue weighted by molar-refractivity contribution is -0.156. The average molecular weight is 184 g/mol. The van der Waals surface area contributed by atoms with Crippen LogP contribution in [0.4, 0.5) is 0 Å². The molecule has 0 aromatic heterocycles. The van der Waals surface area contributed by atoms with E-state index in [0.29, 0.717) is 19.5 Å². The number of hydrogen-bond donors (Lipinski definition) is 1. The molecule has 0 aromatic carbocycles. The third-order valence-corrected chi connectivity index (χ3v) is 2.35. The number of β-lactam (4-membered cyclic amide) rings is 1. The number of hydrogen-bond acceptors (Lipinski definition) is 3. The lowest BCUT2D eigenvalue weighted by Crippen LogP contribution is -2.48. The number of nitrogens with one attached hydrogen (secondary N) is 1. The van der Waals surface area contributed by atoms with Gasteiger partial charge in [0.2, 0.25) is 11.8 Å². The van der Waals surface area contributed by atoms with Crippen molar-refractivity contribution in [2.24, 2.45) is 0 Å². The van der Waals surface area contributed by atoms with Gasteiger partial charge in [-0.25, -0.2) is 0 Å². The molecule has 0 bridgehead atoms. The molecule has 2 heterocycles. The molecule has 0 spiro atoms. The third kappa shape index (κ3) is 1.51. The zero-order chi connectivity index (χ0) is 9.42.